The summed E-state index contributed by atoms with van der Waals surface area (Å²) in [5, 5.41) is 0. The van der Waals surface area contributed by atoms with Gasteiger partial charge in [0.2, 0.25) is 15.9 Å². The zero-order chi connectivity index (χ0) is 20.8. The van der Waals surface area contributed by atoms with Crippen LogP contribution in [-0.2, 0) is 21.2 Å². The van der Waals surface area contributed by atoms with E-state index >= 15 is 0 Å². The fourth-order valence-corrected chi connectivity index (χ4v) is 3.15. The van der Waals surface area contributed by atoms with Gasteiger partial charge >= 0.3 is 6.18 Å². The summed E-state index contributed by atoms with van der Waals surface area (Å²) in [6.07, 6.45) is -4.71. The molecule has 0 saturated carbocycles. The van der Waals surface area contributed by atoms with Crippen molar-refractivity contribution in [1.29, 1.82) is 0 Å². The third-order valence-corrected chi connectivity index (χ3v) is 4.79. The number of alkyl halides is 3. The van der Waals surface area contributed by atoms with Gasteiger partial charge in [-0.3, -0.25) is 20.4 Å². The van der Waals surface area contributed by atoms with E-state index in [2.05, 4.69) is 10.9 Å². The molecule has 0 spiro atoms. The zero-order valence-electron chi connectivity index (χ0n) is 14.3. The molecule has 11 heteroatoms. The Hall–Kier alpha value is -2.92. The Morgan fingerprint density at radius 3 is 2.25 bits per heavy atom. The summed E-state index contributed by atoms with van der Waals surface area (Å²) in [5.74, 6) is -1.33. The molecule has 0 fully saturated rings. The lowest BCUT2D eigenvalue weighted by Gasteiger charge is -2.11. The van der Waals surface area contributed by atoms with E-state index in [1.165, 1.54) is 16.9 Å². The fourth-order valence-electron chi connectivity index (χ4n) is 2.09. The number of carbonyl (C=O) groups excluding carboxylic acids is 2. The Labute approximate surface area is 159 Å². The maximum absolute atomic E-state index is 12.2. The number of nitrogens with one attached hydrogen (secondary N) is 3. The number of amides is 2. The number of hydrazine groups is 1. The first-order valence-corrected chi connectivity index (χ1v) is 9.35. The Bertz CT molecular complexity index is 948. The molecule has 2 aromatic rings. The molecule has 0 aliphatic rings. The van der Waals surface area contributed by atoms with E-state index in [0.717, 1.165) is 17.7 Å². The molecule has 0 bridgehead atoms. The van der Waals surface area contributed by atoms with E-state index in [1.54, 1.807) is 30.3 Å². The first-order valence-electron chi connectivity index (χ1n) is 7.86. The van der Waals surface area contributed by atoms with Crippen molar-refractivity contribution >= 4 is 21.8 Å². The molecule has 7 nitrogen and oxygen atoms in total. The van der Waals surface area contributed by atoms with Crippen molar-refractivity contribution in [3.63, 3.8) is 0 Å². The van der Waals surface area contributed by atoms with Gasteiger partial charge in [-0.2, -0.15) is 13.2 Å². The van der Waals surface area contributed by atoms with Gasteiger partial charge in [-0.15, -0.1) is 0 Å². The van der Waals surface area contributed by atoms with Gasteiger partial charge in [0.05, 0.1) is 11.3 Å². The topological polar surface area (TPSA) is 104 Å². The van der Waals surface area contributed by atoms with Crippen LogP contribution in [0.25, 0.3) is 0 Å². The van der Waals surface area contributed by atoms with E-state index < -0.39 is 39.5 Å². The summed E-state index contributed by atoms with van der Waals surface area (Å²) in [4.78, 5) is 23.4. The molecule has 0 saturated heterocycles. The quantitative estimate of drug-likeness (QED) is 0.623. The van der Waals surface area contributed by atoms with Crippen LogP contribution < -0.4 is 15.6 Å². The van der Waals surface area contributed by atoms with Crippen LogP contribution in [0.3, 0.4) is 0 Å². The predicted molar refractivity (Wildman–Crippen MR) is 93.4 cm³/mol. The maximum atomic E-state index is 12.2. The molecule has 0 unspecified atom stereocenters. The Morgan fingerprint density at radius 1 is 0.929 bits per heavy atom. The molecule has 0 radical (unpaired) electrons. The van der Waals surface area contributed by atoms with Crippen LogP contribution in [0, 0.1) is 0 Å². The smallest absolute Gasteiger partial charge is 0.273 e. The van der Waals surface area contributed by atoms with Gasteiger partial charge in [0.1, 0.15) is 6.54 Å². The summed E-state index contributed by atoms with van der Waals surface area (Å²) in [6.45, 7) is -1.73. The second-order valence-electron chi connectivity index (χ2n) is 5.63. The lowest BCUT2D eigenvalue weighted by atomic mass is 10.1. The number of benzene rings is 2. The fraction of sp³-hybridized carbons (Fsp3) is 0.176. The molecule has 28 heavy (non-hydrogen) atoms. The minimum atomic E-state index is -4.72. The normalized spacial score (nSPS) is 11.7. The summed E-state index contributed by atoms with van der Waals surface area (Å²) >= 11 is 0. The number of halogens is 3. The zero-order valence-corrected chi connectivity index (χ0v) is 15.1. The summed E-state index contributed by atoms with van der Waals surface area (Å²) < 4.78 is 61.9. The molecule has 0 atom stereocenters. The van der Waals surface area contributed by atoms with E-state index in [0.29, 0.717) is 0 Å². The highest BCUT2D eigenvalue weighted by molar-refractivity contribution is 7.89. The van der Waals surface area contributed by atoms with Crippen molar-refractivity contribution in [2.24, 2.45) is 0 Å². The van der Waals surface area contributed by atoms with E-state index in [1.807, 2.05) is 0 Å². The standard InChI is InChI=1S/C17H16F3N3O4S/c18-17(19,20)11-21-28(26,27)14-8-4-7-13(10-14)16(25)23-22-15(24)9-12-5-2-1-3-6-12/h1-8,10,21H,9,11H2,(H,22,24)(H,23,25). The molecule has 0 aromatic heterocycles. The third kappa shape index (κ3) is 6.67. The van der Waals surface area contributed by atoms with Gasteiger partial charge < -0.3 is 0 Å². The molecule has 2 aromatic carbocycles. The van der Waals surface area contributed by atoms with Crippen molar-refractivity contribution in [3.05, 3.63) is 65.7 Å². The molecular weight excluding hydrogens is 399 g/mol. The monoisotopic (exact) mass is 415 g/mol. The van der Waals surface area contributed by atoms with Crippen LogP contribution in [0.4, 0.5) is 13.2 Å². The van der Waals surface area contributed by atoms with Gasteiger partial charge in [-0.25, -0.2) is 13.1 Å². The third-order valence-electron chi connectivity index (χ3n) is 3.39. The van der Waals surface area contributed by atoms with Crippen LogP contribution in [0.2, 0.25) is 0 Å². The van der Waals surface area contributed by atoms with Crippen LogP contribution in [0.5, 0.6) is 0 Å². The number of sulfonamides is 1. The minimum absolute atomic E-state index is 0.0108. The van der Waals surface area contributed by atoms with Gasteiger partial charge in [-0.1, -0.05) is 36.4 Å². The van der Waals surface area contributed by atoms with E-state index in [-0.39, 0.29) is 12.0 Å². The predicted octanol–water partition coefficient (Wildman–Crippen LogP) is 1.53. The summed E-state index contributed by atoms with van der Waals surface area (Å²) in [7, 11) is -4.46. The highest BCUT2D eigenvalue weighted by atomic mass is 32.2. The van der Waals surface area contributed by atoms with Crippen molar-refractivity contribution < 1.29 is 31.2 Å². The second-order valence-corrected chi connectivity index (χ2v) is 7.40. The lowest BCUT2D eigenvalue weighted by Crippen LogP contribution is -2.42. The number of hydrogen-bond acceptors (Lipinski definition) is 4. The number of rotatable bonds is 6. The van der Waals surface area contributed by atoms with Crippen LogP contribution in [-0.4, -0.2) is 33.0 Å². The van der Waals surface area contributed by atoms with Crippen molar-refractivity contribution in [3.8, 4) is 0 Å². The van der Waals surface area contributed by atoms with Crippen LogP contribution >= 0.6 is 0 Å². The highest BCUT2D eigenvalue weighted by Crippen LogP contribution is 2.16. The molecule has 0 aliphatic heterocycles. The molecule has 150 valence electrons. The first-order chi connectivity index (χ1) is 13.1. The minimum Gasteiger partial charge on any atom is -0.273 e. The number of hydrogen-bond donors (Lipinski definition) is 3. The van der Waals surface area contributed by atoms with Gasteiger partial charge in [0.15, 0.2) is 0 Å². The summed E-state index contributed by atoms with van der Waals surface area (Å²) in [6, 6.07) is 13.1. The molecule has 0 aliphatic carbocycles. The van der Waals surface area contributed by atoms with Crippen molar-refractivity contribution in [2.45, 2.75) is 17.5 Å². The van der Waals surface area contributed by atoms with E-state index in [4.69, 9.17) is 0 Å². The SMILES string of the molecule is O=C(Cc1ccccc1)NNC(=O)c1cccc(S(=O)(=O)NCC(F)(F)F)c1. The van der Waals surface area contributed by atoms with E-state index in [9.17, 15) is 31.2 Å². The highest BCUT2D eigenvalue weighted by Gasteiger charge is 2.30. The maximum Gasteiger partial charge on any atom is 0.402 e. The van der Waals surface area contributed by atoms with Gasteiger partial charge in [-0.05, 0) is 23.8 Å². The van der Waals surface area contributed by atoms with Crippen molar-refractivity contribution in [1.82, 2.24) is 15.6 Å². The molecule has 0 heterocycles. The molecule has 2 amide bonds. The molecule has 3 N–H and O–H groups in total. The molecular formula is C17H16F3N3O4S. The molecule has 2 rings (SSSR count). The second kappa shape index (κ2) is 8.85. The average Bonchev–Trinajstić information content (AvgIpc) is 2.65. The van der Waals surface area contributed by atoms with Gasteiger partial charge in [0, 0.05) is 5.56 Å². The largest absolute Gasteiger partial charge is 0.402 e. The van der Waals surface area contributed by atoms with Gasteiger partial charge in [0.25, 0.3) is 5.91 Å². The van der Waals surface area contributed by atoms with Crippen LogP contribution in [0.15, 0.2) is 59.5 Å². The lowest BCUT2D eigenvalue weighted by molar-refractivity contribution is -0.122. The number of carbonyl (C=O) groups is 2. The summed E-state index contributed by atoms with van der Waals surface area (Å²) in [5.41, 5.74) is 4.86. The van der Waals surface area contributed by atoms with Crippen molar-refractivity contribution in [2.75, 3.05) is 6.54 Å². The Morgan fingerprint density at radius 2 is 1.61 bits per heavy atom. The first kappa shape index (κ1) is 21.4. The Kier molecular flexibility index (Phi) is 6.75. The Balaban J connectivity index is 1.98. The van der Waals surface area contributed by atoms with Crippen LogP contribution in [0.1, 0.15) is 15.9 Å². The average molecular weight is 415 g/mol.